The van der Waals surface area contributed by atoms with Gasteiger partial charge in [-0.1, -0.05) is 23.7 Å². The molecule has 1 unspecified atom stereocenters. The molecule has 1 aromatic carbocycles. The van der Waals surface area contributed by atoms with Crippen molar-refractivity contribution in [1.29, 1.82) is 0 Å². The molecule has 1 atom stereocenters. The van der Waals surface area contributed by atoms with Crippen molar-refractivity contribution >= 4 is 11.6 Å². The van der Waals surface area contributed by atoms with Crippen molar-refractivity contribution < 1.29 is 5.11 Å². The fourth-order valence-electron chi connectivity index (χ4n) is 2.33. The van der Waals surface area contributed by atoms with Crippen molar-refractivity contribution in [3.05, 3.63) is 34.9 Å². The number of aliphatic hydroxyl groups is 1. The van der Waals surface area contributed by atoms with Crippen LogP contribution in [0.2, 0.25) is 5.02 Å². The normalized spacial score (nSPS) is 16.8. The van der Waals surface area contributed by atoms with Gasteiger partial charge in [0.1, 0.15) is 0 Å². The first-order chi connectivity index (χ1) is 8.81. The van der Waals surface area contributed by atoms with Crippen LogP contribution in [0.15, 0.2) is 24.3 Å². The number of aliphatic hydroxyl groups excluding tert-OH is 1. The topological polar surface area (TPSA) is 32.3 Å². The highest BCUT2D eigenvalue weighted by Crippen LogP contribution is 2.41. The van der Waals surface area contributed by atoms with Crippen LogP contribution in [0.25, 0.3) is 0 Å². The minimum atomic E-state index is 0.309. The first-order valence-corrected chi connectivity index (χ1v) is 7.29. The van der Waals surface area contributed by atoms with Crippen molar-refractivity contribution in [2.45, 2.75) is 38.1 Å². The Hall–Kier alpha value is -0.570. The Morgan fingerprint density at radius 2 is 1.89 bits per heavy atom. The Kier molecular flexibility index (Phi) is 5.48. The molecule has 0 heterocycles. The second kappa shape index (κ2) is 7.13. The summed E-state index contributed by atoms with van der Waals surface area (Å²) < 4.78 is 0. The second-order valence-electron chi connectivity index (χ2n) is 5.11. The summed E-state index contributed by atoms with van der Waals surface area (Å²) in [6, 6.07) is 8.69. The fourth-order valence-corrected chi connectivity index (χ4v) is 2.45. The molecule has 2 nitrogen and oxygen atoms in total. The number of halogens is 1. The number of unbranched alkanes of at least 4 members (excludes halogenated alkanes) is 2. The van der Waals surface area contributed by atoms with Gasteiger partial charge < -0.3 is 10.4 Å². The predicted molar refractivity (Wildman–Crippen MR) is 75.9 cm³/mol. The van der Waals surface area contributed by atoms with Crippen molar-refractivity contribution in [3.8, 4) is 0 Å². The smallest absolute Gasteiger partial charge is 0.0431 e. The SMILES string of the molecule is OCCCCCNC(c1ccc(Cl)cc1)C1CC1. The molecule has 100 valence electrons. The lowest BCUT2D eigenvalue weighted by Crippen LogP contribution is -2.24. The van der Waals surface area contributed by atoms with Gasteiger partial charge in [-0.2, -0.15) is 0 Å². The van der Waals surface area contributed by atoms with Crippen LogP contribution in [0, 0.1) is 5.92 Å². The largest absolute Gasteiger partial charge is 0.396 e. The molecule has 3 heteroatoms. The van der Waals surface area contributed by atoms with Gasteiger partial charge in [0.05, 0.1) is 0 Å². The van der Waals surface area contributed by atoms with E-state index in [1.165, 1.54) is 18.4 Å². The van der Waals surface area contributed by atoms with E-state index in [4.69, 9.17) is 16.7 Å². The number of hydrogen-bond acceptors (Lipinski definition) is 2. The molecule has 0 saturated heterocycles. The van der Waals surface area contributed by atoms with E-state index in [9.17, 15) is 0 Å². The van der Waals surface area contributed by atoms with Gasteiger partial charge in [0, 0.05) is 17.7 Å². The molecule has 0 radical (unpaired) electrons. The lowest BCUT2D eigenvalue weighted by molar-refractivity contribution is 0.282. The number of nitrogens with one attached hydrogen (secondary N) is 1. The summed E-state index contributed by atoms with van der Waals surface area (Å²) in [5.74, 6) is 0.795. The molecular weight excluding hydrogens is 246 g/mol. The van der Waals surface area contributed by atoms with Crippen molar-refractivity contribution in [3.63, 3.8) is 0 Å². The van der Waals surface area contributed by atoms with Crippen LogP contribution in [-0.2, 0) is 0 Å². The summed E-state index contributed by atoms with van der Waals surface area (Å²) in [7, 11) is 0. The Morgan fingerprint density at radius 3 is 2.50 bits per heavy atom. The molecule has 1 fully saturated rings. The van der Waals surface area contributed by atoms with E-state index in [1.54, 1.807) is 0 Å². The monoisotopic (exact) mass is 267 g/mol. The van der Waals surface area contributed by atoms with Gasteiger partial charge in [-0.3, -0.25) is 0 Å². The minimum absolute atomic E-state index is 0.309. The number of benzene rings is 1. The maximum atomic E-state index is 8.74. The van der Waals surface area contributed by atoms with Crippen LogP contribution in [0.3, 0.4) is 0 Å². The van der Waals surface area contributed by atoms with Gasteiger partial charge in [-0.25, -0.2) is 0 Å². The highest BCUT2D eigenvalue weighted by Gasteiger charge is 2.31. The molecule has 0 aromatic heterocycles. The Labute approximate surface area is 114 Å². The van der Waals surface area contributed by atoms with Crippen LogP contribution in [0.4, 0.5) is 0 Å². The van der Waals surface area contributed by atoms with Gasteiger partial charge in [0.15, 0.2) is 0 Å². The van der Waals surface area contributed by atoms with Crippen LogP contribution in [0.1, 0.15) is 43.7 Å². The quantitative estimate of drug-likeness (QED) is 0.706. The summed E-state index contributed by atoms with van der Waals surface area (Å²) in [6.07, 6.45) is 5.81. The first-order valence-electron chi connectivity index (χ1n) is 6.91. The van der Waals surface area contributed by atoms with Crippen LogP contribution in [-0.4, -0.2) is 18.3 Å². The molecule has 0 spiro atoms. The van der Waals surface area contributed by atoms with Gasteiger partial charge in [0.2, 0.25) is 0 Å². The third-order valence-electron chi connectivity index (χ3n) is 3.52. The lowest BCUT2D eigenvalue weighted by Gasteiger charge is -2.19. The summed E-state index contributed by atoms with van der Waals surface area (Å²) in [6.45, 7) is 1.34. The van der Waals surface area contributed by atoms with Crippen molar-refractivity contribution in [2.75, 3.05) is 13.2 Å². The molecule has 18 heavy (non-hydrogen) atoms. The predicted octanol–water partition coefficient (Wildman–Crippen LogP) is 3.54. The average molecular weight is 268 g/mol. The fraction of sp³-hybridized carbons (Fsp3) is 0.600. The molecule has 2 rings (SSSR count). The molecule has 1 aliphatic rings. The highest BCUT2D eigenvalue weighted by atomic mass is 35.5. The summed E-state index contributed by atoms with van der Waals surface area (Å²) in [5.41, 5.74) is 1.35. The maximum absolute atomic E-state index is 8.74. The average Bonchev–Trinajstić information content (AvgIpc) is 3.20. The van der Waals surface area contributed by atoms with Gasteiger partial charge in [-0.05, 0) is 62.3 Å². The van der Waals surface area contributed by atoms with Gasteiger partial charge >= 0.3 is 0 Å². The summed E-state index contributed by atoms with van der Waals surface area (Å²) in [4.78, 5) is 0. The van der Waals surface area contributed by atoms with Gasteiger partial charge in [0.25, 0.3) is 0 Å². The molecule has 1 aromatic rings. The molecule has 0 bridgehead atoms. The molecular formula is C15H22ClNO. The van der Waals surface area contributed by atoms with Crippen molar-refractivity contribution in [1.82, 2.24) is 5.32 Å². The molecule has 1 saturated carbocycles. The Morgan fingerprint density at radius 1 is 1.17 bits per heavy atom. The van der Waals surface area contributed by atoms with Crippen LogP contribution in [0.5, 0.6) is 0 Å². The lowest BCUT2D eigenvalue weighted by atomic mass is 10.0. The number of rotatable bonds is 8. The maximum Gasteiger partial charge on any atom is 0.0431 e. The summed E-state index contributed by atoms with van der Waals surface area (Å²) >= 11 is 5.93. The third-order valence-corrected chi connectivity index (χ3v) is 3.77. The van der Waals surface area contributed by atoms with Crippen molar-refractivity contribution in [2.24, 2.45) is 5.92 Å². The van der Waals surface area contributed by atoms with E-state index >= 15 is 0 Å². The van der Waals surface area contributed by atoms with E-state index in [2.05, 4.69) is 17.4 Å². The molecule has 1 aliphatic carbocycles. The highest BCUT2D eigenvalue weighted by molar-refractivity contribution is 6.30. The Balaban J connectivity index is 1.82. The molecule has 0 aliphatic heterocycles. The third kappa shape index (κ3) is 4.27. The van der Waals surface area contributed by atoms with Crippen LogP contribution < -0.4 is 5.32 Å². The Bertz CT molecular complexity index is 348. The zero-order chi connectivity index (χ0) is 12.8. The van der Waals surface area contributed by atoms with E-state index in [-0.39, 0.29) is 0 Å². The van der Waals surface area contributed by atoms with E-state index in [0.717, 1.165) is 36.7 Å². The van der Waals surface area contributed by atoms with E-state index in [1.807, 2.05) is 12.1 Å². The zero-order valence-corrected chi connectivity index (χ0v) is 11.5. The zero-order valence-electron chi connectivity index (χ0n) is 10.7. The number of hydrogen-bond donors (Lipinski definition) is 2. The first kappa shape index (κ1) is 13.9. The van der Waals surface area contributed by atoms with Gasteiger partial charge in [-0.15, -0.1) is 0 Å². The standard InChI is InChI=1S/C15H22ClNO/c16-14-8-6-13(7-9-14)15(12-4-5-12)17-10-2-1-3-11-18/h6-9,12,15,17-18H,1-5,10-11H2. The van der Waals surface area contributed by atoms with E-state index in [0.29, 0.717) is 12.6 Å². The molecule has 0 amide bonds. The minimum Gasteiger partial charge on any atom is -0.396 e. The second-order valence-corrected chi connectivity index (χ2v) is 5.54. The van der Waals surface area contributed by atoms with Crippen LogP contribution >= 0.6 is 11.6 Å². The summed E-state index contributed by atoms with van der Waals surface area (Å²) in [5, 5.41) is 13.2. The molecule has 2 N–H and O–H groups in total. The van der Waals surface area contributed by atoms with E-state index < -0.39 is 0 Å².